The van der Waals surface area contributed by atoms with E-state index in [1.165, 1.54) is 7.11 Å². The molecule has 0 atom stereocenters. The van der Waals surface area contributed by atoms with Gasteiger partial charge in [0.25, 0.3) is 0 Å². The van der Waals surface area contributed by atoms with Crippen LogP contribution in [0.4, 0.5) is 0 Å². The van der Waals surface area contributed by atoms with E-state index in [4.69, 9.17) is 4.74 Å². The van der Waals surface area contributed by atoms with E-state index in [1.807, 2.05) is 41.8 Å². The molecule has 106 valence electrons. The molecule has 0 saturated carbocycles. The lowest BCUT2D eigenvalue weighted by Gasteiger charge is -2.07. The second-order valence-corrected chi connectivity index (χ2v) is 4.78. The average Bonchev–Trinajstić information content (AvgIpc) is 2.83. The van der Waals surface area contributed by atoms with Crippen LogP contribution in [-0.2, 0) is 11.3 Å². The zero-order valence-corrected chi connectivity index (χ0v) is 11.9. The lowest BCUT2D eigenvalue weighted by atomic mass is 10.1. The number of benzene rings is 1. The van der Waals surface area contributed by atoms with Crippen molar-refractivity contribution in [2.75, 3.05) is 7.11 Å². The number of fused-ring (bicyclic) bond motifs is 1. The molecule has 5 nitrogen and oxygen atoms in total. The summed E-state index contributed by atoms with van der Waals surface area (Å²) < 4.78 is 6.78. The predicted octanol–water partition coefficient (Wildman–Crippen LogP) is 2.57. The molecule has 1 aromatic carbocycles. The molecule has 0 aliphatic heterocycles. The van der Waals surface area contributed by atoms with Crippen molar-refractivity contribution in [3.63, 3.8) is 0 Å². The lowest BCUT2D eigenvalue weighted by Crippen LogP contribution is -2.06. The van der Waals surface area contributed by atoms with E-state index in [0.29, 0.717) is 12.1 Å². The van der Waals surface area contributed by atoms with Crippen LogP contribution in [0.25, 0.3) is 11.2 Å². The highest BCUT2D eigenvalue weighted by Gasteiger charge is 2.10. The molecule has 0 amide bonds. The maximum atomic E-state index is 11.6. The molecule has 3 rings (SSSR count). The van der Waals surface area contributed by atoms with Gasteiger partial charge in [-0.1, -0.05) is 12.1 Å². The molecule has 21 heavy (non-hydrogen) atoms. The third kappa shape index (κ3) is 2.50. The molecule has 5 heteroatoms. The number of pyridine rings is 1. The van der Waals surface area contributed by atoms with Gasteiger partial charge < -0.3 is 9.30 Å². The Balaban J connectivity index is 1.99. The number of aryl methyl sites for hydroxylation is 1. The van der Waals surface area contributed by atoms with Crippen molar-refractivity contribution in [1.29, 1.82) is 0 Å². The molecule has 0 bridgehead atoms. The monoisotopic (exact) mass is 281 g/mol. The topological polar surface area (TPSA) is 57.0 Å². The van der Waals surface area contributed by atoms with Crippen molar-refractivity contribution in [3.8, 4) is 0 Å². The Labute approximate surface area is 122 Å². The van der Waals surface area contributed by atoms with E-state index in [9.17, 15) is 4.79 Å². The van der Waals surface area contributed by atoms with Crippen molar-refractivity contribution in [1.82, 2.24) is 14.5 Å². The van der Waals surface area contributed by atoms with Gasteiger partial charge in [0.1, 0.15) is 11.3 Å². The van der Waals surface area contributed by atoms with Crippen LogP contribution in [0, 0.1) is 6.92 Å². The Morgan fingerprint density at radius 2 is 2.14 bits per heavy atom. The summed E-state index contributed by atoms with van der Waals surface area (Å²) in [5.41, 5.74) is 3.27. The maximum absolute atomic E-state index is 11.6. The minimum atomic E-state index is -0.331. The highest BCUT2D eigenvalue weighted by Crippen LogP contribution is 2.16. The Morgan fingerprint density at radius 3 is 2.95 bits per heavy atom. The van der Waals surface area contributed by atoms with E-state index in [-0.39, 0.29) is 5.97 Å². The van der Waals surface area contributed by atoms with Crippen LogP contribution in [0.1, 0.15) is 21.7 Å². The van der Waals surface area contributed by atoms with Gasteiger partial charge in [-0.15, -0.1) is 0 Å². The number of carbonyl (C=O) groups is 1. The zero-order valence-electron chi connectivity index (χ0n) is 11.9. The molecule has 0 fully saturated rings. The number of rotatable bonds is 3. The van der Waals surface area contributed by atoms with Crippen LogP contribution in [0.15, 0.2) is 42.6 Å². The number of hydrogen-bond acceptors (Lipinski definition) is 4. The van der Waals surface area contributed by atoms with Gasteiger partial charge in [0.15, 0.2) is 5.65 Å². The van der Waals surface area contributed by atoms with Gasteiger partial charge in [-0.05, 0) is 36.8 Å². The molecule has 0 aliphatic rings. The molecular formula is C16H15N3O2. The fraction of sp³-hybridized carbons (Fsp3) is 0.188. The number of imidazole rings is 1. The molecule has 0 spiro atoms. The first kappa shape index (κ1) is 13.3. The largest absolute Gasteiger partial charge is 0.465 e. The van der Waals surface area contributed by atoms with Gasteiger partial charge >= 0.3 is 5.97 Å². The normalized spacial score (nSPS) is 10.8. The summed E-state index contributed by atoms with van der Waals surface area (Å²) in [6, 6.07) is 11.2. The van der Waals surface area contributed by atoms with Crippen molar-refractivity contribution >= 4 is 17.1 Å². The minimum Gasteiger partial charge on any atom is -0.465 e. The number of ether oxygens (including phenoxy) is 1. The third-order valence-electron chi connectivity index (χ3n) is 3.38. The summed E-state index contributed by atoms with van der Waals surface area (Å²) in [5, 5.41) is 0. The first-order valence-corrected chi connectivity index (χ1v) is 6.64. The van der Waals surface area contributed by atoms with Gasteiger partial charge in [0, 0.05) is 6.20 Å². The fourth-order valence-corrected chi connectivity index (χ4v) is 2.36. The predicted molar refractivity (Wildman–Crippen MR) is 79.1 cm³/mol. The Bertz CT molecular complexity index is 808. The van der Waals surface area contributed by atoms with Gasteiger partial charge in [0.05, 0.1) is 19.2 Å². The number of hydrogen-bond donors (Lipinski definition) is 0. The molecule has 0 N–H and O–H groups in total. The first-order valence-electron chi connectivity index (χ1n) is 6.64. The van der Waals surface area contributed by atoms with Gasteiger partial charge in [0.2, 0.25) is 0 Å². The van der Waals surface area contributed by atoms with Gasteiger partial charge in [-0.25, -0.2) is 14.8 Å². The second-order valence-electron chi connectivity index (χ2n) is 4.78. The van der Waals surface area contributed by atoms with Gasteiger partial charge in [-0.2, -0.15) is 0 Å². The van der Waals surface area contributed by atoms with E-state index in [2.05, 4.69) is 9.97 Å². The maximum Gasteiger partial charge on any atom is 0.337 e. The smallest absolute Gasteiger partial charge is 0.337 e. The molecule has 2 aromatic heterocycles. The highest BCUT2D eigenvalue weighted by atomic mass is 16.5. The summed E-state index contributed by atoms with van der Waals surface area (Å²) in [7, 11) is 1.38. The molecule has 2 heterocycles. The third-order valence-corrected chi connectivity index (χ3v) is 3.38. The fourth-order valence-electron chi connectivity index (χ4n) is 2.36. The number of carbonyl (C=O) groups excluding carboxylic acids is 1. The van der Waals surface area contributed by atoms with E-state index in [1.54, 1.807) is 12.3 Å². The van der Waals surface area contributed by atoms with Crippen molar-refractivity contribution < 1.29 is 9.53 Å². The molecule has 0 saturated heterocycles. The number of aromatic nitrogens is 3. The Morgan fingerprint density at radius 1 is 1.29 bits per heavy atom. The molecule has 0 aliphatic carbocycles. The Kier molecular flexibility index (Phi) is 3.39. The lowest BCUT2D eigenvalue weighted by molar-refractivity contribution is 0.0600. The Hall–Kier alpha value is -2.69. The van der Waals surface area contributed by atoms with Crippen LogP contribution in [-0.4, -0.2) is 27.6 Å². The summed E-state index contributed by atoms with van der Waals surface area (Å²) in [4.78, 5) is 20.5. The number of methoxy groups -OCH3 is 1. The SMILES string of the molecule is COC(=O)c1cccc(Cn2c(C)nc3cccnc32)c1. The van der Waals surface area contributed by atoms with Crippen LogP contribution in [0.2, 0.25) is 0 Å². The highest BCUT2D eigenvalue weighted by molar-refractivity contribution is 5.89. The quantitative estimate of drug-likeness (QED) is 0.692. The summed E-state index contributed by atoms with van der Waals surface area (Å²) >= 11 is 0. The number of nitrogens with zero attached hydrogens (tertiary/aromatic N) is 3. The van der Waals surface area contributed by atoms with Crippen molar-refractivity contribution in [2.24, 2.45) is 0 Å². The van der Waals surface area contributed by atoms with Crippen molar-refractivity contribution in [2.45, 2.75) is 13.5 Å². The van der Waals surface area contributed by atoms with Gasteiger partial charge in [-0.3, -0.25) is 0 Å². The van der Waals surface area contributed by atoms with E-state index >= 15 is 0 Å². The van der Waals surface area contributed by atoms with Crippen LogP contribution >= 0.6 is 0 Å². The summed E-state index contributed by atoms with van der Waals surface area (Å²) in [5.74, 6) is 0.564. The average molecular weight is 281 g/mol. The van der Waals surface area contributed by atoms with Crippen LogP contribution in [0.3, 0.4) is 0 Å². The number of esters is 1. The summed E-state index contributed by atoms with van der Waals surface area (Å²) in [6.07, 6.45) is 1.75. The first-order chi connectivity index (χ1) is 10.2. The molecular weight excluding hydrogens is 266 g/mol. The summed E-state index contributed by atoms with van der Waals surface area (Å²) in [6.45, 7) is 2.57. The molecule has 0 radical (unpaired) electrons. The van der Waals surface area contributed by atoms with Crippen LogP contribution < -0.4 is 0 Å². The standard InChI is InChI=1S/C16H15N3O2/c1-11-18-14-7-4-8-17-15(14)19(11)10-12-5-3-6-13(9-12)16(20)21-2/h3-9H,10H2,1-2H3. The van der Waals surface area contributed by atoms with Crippen molar-refractivity contribution in [3.05, 3.63) is 59.5 Å². The molecule has 3 aromatic rings. The second kappa shape index (κ2) is 5.36. The molecule has 0 unspecified atom stereocenters. The van der Waals surface area contributed by atoms with E-state index in [0.717, 1.165) is 22.6 Å². The minimum absolute atomic E-state index is 0.331. The van der Waals surface area contributed by atoms with E-state index < -0.39 is 0 Å². The zero-order chi connectivity index (χ0) is 14.8. The van der Waals surface area contributed by atoms with Crippen LogP contribution in [0.5, 0.6) is 0 Å².